The first kappa shape index (κ1) is 98.8. The van der Waals surface area contributed by atoms with Crippen LogP contribution in [-0.2, 0) is 32.7 Å². The minimum absolute atomic E-state index is 0.0438. The van der Waals surface area contributed by atoms with Crippen LogP contribution in [0.3, 0.4) is 0 Å². The number of carbonyl (C=O) groups excluding carboxylic acids is 2. The molecule has 0 aromatic rings. The number of hydrogen-bond acceptors (Lipinski definition) is 8. The van der Waals surface area contributed by atoms with E-state index < -0.39 is 32.5 Å². The van der Waals surface area contributed by atoms with Gasteiger partial charge in [-0.25, -0.2) is 0 Å². The highest BCUT2D eigenvalue weighted by Crippen LogP contribution is 2.38. The van der Waals surface area contributed by atoms with Crippen LogP contribution in [0.4, 0.5) is 0 Å². The summed E-state index contributed by atoms with van der Waals surface area (Å²) in [6.07, 6.45) is 127. The molecule has 0 N–H and O–H groups in total. The lowest BCUT2D eigenvalue weighted by Crippen LogP contribution is -2.37. The van der Waals surface area contributed by atoms with Gasteiger partial charge in [-0.05, 0) is 141 Å². The summed E-state index contributed by atoms with van der Waals surface area (Å²) in [5.74, 6) is -0.863. The maximum absolute atomic E-state index is 12.9. The van der Waals surface area contributed by atoms with E-state index in [4.69, 9.17) is 18.5 Å². The van der Waals surface area contributed by atoms with Gasteiger partial charge in [-0.2, -0.15) is 0 Å². The molecule has 10 heteroatoms. The summed E-state index contributed by atoms with van der Waals surface area (Å²) in [5.41, 5.74) is 0. The fraction of sp³-hybridized carbons (Fsp3) is 0.638. The minimum Gasteiger partial charge on any atom is -0.756 e. The zero-order valence-electron chi connectivity index (χ0n) is 67.4. The van der Waals surface area contributed by atoms with E-state index in [2.05, 4.69) is 208 Å². The second-order valence-electron chi connectivity index (χ2n) is 28.7. The summed E-state index contributed by atoms with van der Waals surface area (Å²) in [7, 11) is 1.14. The van der Waals surface area contributed by atoms with Crippen molar-refractivity contribution in [3.05, 3.63) is 194 Å². The molecule has 0 aromatic carbocycles. The molecule has 0 bridgehead atoms. The number of quaternary nitrogens is 1. The lowest BCUT2D eigenvalue weighted by molar-refractivity contribution is -0.870. The highest BCUT2D eigenvalue weighted by molar-refractivity contribution is 7.45. The van der Waals surface area contributed by atoms with E-state index in [0.717, 1.165) is 148 Å². The number of allylic oxidation sites excluding steroid dienone is 32. The van der Waals surface area contributed by atoms with Crippen molar-refractivity contribution >= 4 is 19.8 Å². The molecule has 0 amide bonds. The molecule has 0 aliphatic carbocycles. The third-order valence-corrected chi connectivity index (χ3v) is 18.6. The van der Waals surface area contributed by atoms with Gasteiger partial charge in [0.15, 0.2) is 6.10 Å². The molecule has 0 spiro atoms. The molecule has 0 rings (SSSR count). The third kappa shape index (κ3) is 85.8. The number of nitrogens with zero attached hydrogens (tertiary/aromatic N) is 1. The van der Waals surface area contributed by atoms with Crippen LogP contribution in [0.25, 0.3) is 0 Å². The Hall–Kier alpha value is -5.15. The second kappa shape index (κ2) is 81.9. The number of esters is 2. The Balaban J connectivity index is 4.04. The van der Waals surface area contributed by atoms with Crippen molar-refractivity contribution in [2.75, 3.05) is 47.5 Å². The number of phosphoric acid groups is 1. The molecule has 9 nitrogen and oxygen atoms in total. The van der Waals surface area contributed by atoms with Crippen LogP contribution >= 0.6 is 7.82 Å². The molecule has 104 heavy (non-hydrogen) atoms. The quantitative estimate of drug-likeness (QED) is 0.0195. The van der Waals surface area contributed by atoms with Gasteiger partial charge in [0, 0.05) is 12.8 Å². The largest absolute Gasteiger partial charge is 0.756 e. The number of hydrogen-bond donors (Lipinski definition) is 0. The fourth-order valence-corrected chi connectivity index (χ4v) is 12.0. The number of carbonyl (C=O) groups is 2. The molecule has 0 radical (unpaired) electrons. The maximum atomic E-state index is 12.9. The summed E-state index contributed by atoms with van der Waals surface area (Å²) in [6.45, 7) is 3.99. The van der Waals surface area contributed by atoms with Crippen molar-refractivity contribution in [2.24, 2.45) is 0 Å². The topological polar surface area (TPSA) is 111 Å². The molecule has 0 saturated heterocycles. The van der Waals surface area contributed by atoms with Gasteiger partial charge >= 0.3 is 11.9 Å². The maximum Gasteiger partial charge on any atom is 0.306 e. The van der Waals surface area contributed by atoms with Crippen LogP contribution in [0.1, 0.15) is 335 Å². The number of likely N-dealkylation sites (N-methyl/N-ethyl adjacent to an activating group) is 1. The van der Waals surface area contributed by atoms with Crippen LogP contribution in [0, 0.1) is 0 Å². The SMILES string of the molecule is CC/C=C\C/C=C\C/C=C\C/C=C\C/C=C\C/C=C\C/C=C\C/C=C\C/C=C\C/C=C\C/C=C\C/C=C\CCCCCCC(=O)OC(COC(=O)CCCCCCCCCCCCCCCCCCCCCCCCCCCC/C=C\C/C=C\C/C=C\C/C=C\CC)COP(=O)([O-])OCC[N+](C)(C)C. The van der Waals surface area contributed by atoms with E-state index in [1.807, 2.05) is 21.1 Å². The molecule has 0 aliphatic rings. The second-order valence-corrected chi connectivity index (χ2v) is 30.1. The molecular weight excluding hydrogens is 1300 g/mol. The third-order valence-electron chi connectivity index (χ3n) is 17.6. The summed E-state index contributed by atoms with van der Waals surface area (Å²) in [5, 5.41) is 0. The van der Waals surface area contributed by atoms with Gasteiger partial charge in [0.1, 0.15) is 19.8 Å². The van der Waals surface area contributed by atoms with Crippen molar-refractivity contribution < 1.29 is 42.1 Å². The molecule has 590 valence electrons. The molecule has 0 fully saturated rings. The van der Waals surface area contributed by atoms with Crippen LogP contribution in [0.2, 0.25) is 0 Å². The smallest absolute Gasteiger partial charge is 0.306 e. The van der Waals surface area contributed by atoms with E-state index >= 15 is 0 Å². The molecule has 2 unspecified atom stereocenters. The molecule has 0 aromatic heterocycles. The van der Waals surface area contributed by atoms with Gasteiger partial charge in [0.2, 0.25) is 0 Å². The van der Waals surface area contributed by atoms with Crippen LogP contribution in [0.15, 0.2) is 194 Å². The van der Waals surface area contributed by atoms with Gasteiger partial charge in [0.25, 0.3) is 7.82 Å². The number of unbranched alkanes of at least 4 members (excludes halogenated alkanes) is 30. The van der Waals surface area contributed by atoms with Crippen LogP contribution in [-0.4, -0.2) is 70.0 Å². The Morgan fingerprint density at radius 2 is 0.519 bits per heavy atom. The lowest BCUT2D eigenvalue weighted by Gasteiger charge is -2.28. The molecule has 2 atom stereocenters. The number of phosphoric ester groups is 1. The van der Waals surface area contributed by atoms with Crippen molar-refractivity contribution in [3.8, 4) is 0 Å². The van der Waals surface area contributed by atoms with Crippen molar-refractivity contribution in [1.29, 1.82) is 0 Å². The van der Waals surface area contributed by atoms with Crippen LogP contribution in [0.5, 0.6) is 0 Å². The normalized spacial score (nSPS) is 14.0. The summed E-state index contributed by atoms with van der Waals surface area (Å²) in [4.78, 5) is 38.2. The molecular formula is C94H156NO8P. The van der Waals surface area contributed by atoms with Gasteiger partial charge in [-0.1, -0.05) is 375 Å². The zero-order chi connectivity index (χ0) is 75.4. The minimum atomic E-state index is -4.67. The summed E-state index contributed by atoms with van der Waals surface area (Å²) in [6, 6.07) is 0. The molecule has 0 saturated carbocycles. The number of rotatable bonds is 76. The Morgan fingerprint density at radius 3 is 0.769 bits per heavy atom. The van der Waals surface area contributed by atoms with Gasteiger partial charge < -0.3 is 27.9 Å². The van der Waals surface area contributed by atoms with Crippen LogP contribution < -0.4 is 4.89 Å². The van der Waals surface area contributed by atoms with E-state index in [0.29, 0.717) is 17.4 Å². The summed E-state index contributed by atoms with van der Waals surface area (Å²) >= 11 is 0. The first-order chi connectivity index (χ1) is 51.0. The van der Waals surface area contributed by atoms with Gasteiger partial charge in [-0.15, -0.1) is 0 Å². The Morgan fingerprint density at radius 1 is 0.298 bits per heavy atom. The predicted octanol–water partition coefficient (Wildman–Crippen LogP) is 28.1. The highest BCUT2D eigenvalue weighted by atomic mass is 31.2. The summed E-state index contributed by atoms with van der Waals surface area (Å²) < 4.78 is 34.4. The van der Waals surface area contributed by atoms with Gasteiger partial charge in [-0.3, -0.25) is 14.2 Å². The molecule has 0 heterocycles. The van der Waals surface area contributed by atoms with E-state index in [9.17, 15) is 19.0 Å². The Labute approximate surface area is 641 Å². The fourth-order valence-electron chi connectivity index (χ4n) is 11.3. The molecule has 0 aliphatic heterocycles. The van der Waals surface area contributed by atoms with Gasteiger partial charge in [0.05, 0.1) is 27.7 Å². The Bertz CT molecular complexity index is 2470. The Kier molecular flexibility index (Phi) is 77.9. The first-order valence-electron chi connectivity index (χ1n) is 42.1. The number of ether oxygens (including phenoxy) is 2. The first-order valence-corrected chi connectivity index (χ1v) is 43.6. The average Bonchev–Trinajstić information content (AvgIpc) is 0.920. The predicted molar refractivity (Wildman–Crippen MR) is 452 cm³/mol. The van der Waals surface area contributed by atoms with E-state index in [1.54, 1.807) is 0 Å². The van der Waals surface area contributed by atoms with Crippen molar-refractivity contribution in [2.45, 2.75) is 341 Å². The highest BCUT2D eigenvalue weighted by Gasteiger charge is 2.22. The van der Waals surface area contributed by atoms with Crippen molar-refractivity contribution in [1.82, 2.24) is 0 Å². The standard InChI is InChI=1S/C94H156NO8P/c1-6-8-10-12-14-16-18-20-22-24-26-28-30-32-34-36-38-40-42-44-46-47-49-51-53-55-57-59-61-63-65-67-69-71-73-75-77-79-81-83-85-87-94(97)103-92(91-102-104(98,99)101-89-88-95(3,4)5)90-100-93(96)86-84-82-80-78-76-74-72-70-68-66-64-62-60-58-56-54-52-50-48-45-43-41-39-37-35-33-31-29-27-25-23-21-19-17-15-13-11-9-7-2/h8-11,14-17,20-23,26-29,32,34,38,40,44,46,49,51,55,57,61,63,67,69,73,75,92H,6-7,12-13,18-19,24-25,30-31,33,35-37,39,41-43,45,47-48,50,52-54,56,58-60,62,64-66,68,70-72,74,76-91H2,1-5H3/b10-8-,11-9-,16-14-,17-15-,22-20-,23-21-,28-26-,29-27-,34-32-,40-38-,46-44-,51-49-,57-55-,63-61-,69-67-,75-73-. The van der Waals surface area contributed by atoms with E-state index in [1.165, 1.54) is 154 Å². The average molecular weight is 1460 g/mol. The van der Waals surface area contributed by atoms with Crippen molar-refractivity contribution in [3.63, 3.8) is 0 Å². The van der Waals surface area contributed by atoms with E-state index in [-0.39, 0.29) is 26.1 Å². The monoisotopic (exact) mass is 1460 g/mol. The zero-order valence-corrected chi connectivity index (χ0v) is 68.3. The lowest BCUT2D eigenvalue weighted by atomic mass is 10.0.